The summed E-state index contributed by atoms with van der Waals surface area (Å²) >= 11 is 6.30. The summed E-state index contributed by atoms with van der Waals surface area (Å²) in [5, 5.41) is 4.95. The fraction of sp³-hybridized carbons (Fsp3) is 0.357. The van der Waals surface area contributed by atoms with Gasteiger partial charge in [-0.2, -0.15) is 5.10 Å². The molecule has 5 nitrogen and oxygen atoms in total. The first-order valence-electron chi connectivity index (χ1n) is 6.52. The quantitative estimate of drug-likeness (QED) is 0.924. The van der Waals surface area contributed by atoms with Gasteiger partial charge in [-0.1, -0.05) is 18.5 Å². The molecule has 0 saturated heterocycles. The number of nitrogen functional groups attached to an aromatic ring is 1. The van der Waals surface area contributed by atoms with Gasteiger partial charge in [0.15, 0.2) is 11.5 Å². The highest BCUT2D eigenvalue weighted by atomic mass is 35.5. The summed E-state index contributed by atoms with van der Waals surface area (Å²) in [6.07, 6.45) is 0.800. The van der Waals surface area contributed by atoms with E-state index >= 15 is 0 Å². The van der Waals surface area contributed by atoms with Crippen molar-refractivity contribution in [1.82, 2.24) is 9.78 Å². The molecule has 0 amide bonds. The average molecular weight is 294 g/mol. The van der Waals surface area contributed by atoms with Gasteiger partial charge in [-0.05, 0) is 12.5 Å². The van der Waals surface area contributed by atoms with Crippen molar-refractivity contribution in [3.05, 3.63) is 22.7 Å². The summed E-state index contributed by atoms with van der Waals surface area (Å²) in [6, 6.07) is 3.70. The van der Waals surface area contributed by atoms with E-state index in [0.29, 0.717) is 29.8 Å². The van der Waals surface area contributed by atoms with Crippen LogP contribution in [0.25, 0.3) is 11.3 Å². The molecule has 0 bridgehead atoms. The van der Waals surface area contributed by atoms with E-state index in [1.54, 1.807) is 4.68 Å². The highest BCUT2D eigenvalue weighted by Gasteiger charge is 2.23. The molecule has 1 aliphatic heterocycles. The maximum atomic E-state index is 6.30. The standard InChI is InChI=1S/C14H16ClN3O2/c1-3-8-9(11-7-12(16)18(2)17-11)6-10(15)14-13(8)19-4-5-20-14/h6-7H,3-5,16H2,1-2H3. The number of fused-ring (bicyclic) bond motifs is 1. The number of hydrogen-bond acceptors (Lipinski definition) is 4. The number of nitrogens with two attached hydrogens (primary N) is 1. The van der Waals surface area contributed by atoms with E-state index in [1.807, 2.05) is 19.2 Å². The van der Waals surface area contributed by atoms with Gasteiger partial charge in [0.25, 0.3) is 0 Å². The predicted molar refractivity (Wildman–Crippen MR) is 78.4 cm³/mol. The number of benzene rings is 1. The van der Waals surface area contributed by atoms with Crippen LogP contribution in [0.5, 0.6) is 11.5 Å². The summed E-state index contributed by atoms with van der Waals surface area (Å²) in [6.45, 7) is 3.12. The topological polar surface area (TPSA) is 62.3 Å². The molecule has 1 aromatic carbocycles. The number of aromatic nitrogens is 2. The molecule has 0 spiro atoms. The van der Waals surface area contributed by atoms with Gasteiger partial charge >= 0.3 is 0 Å². The Bertz CT molecular complexity index is 647. The Morgan fingerprint density at radius 2 is 2.00 bits per heavy atom. The number of nitrogens with zero attached hydrogens (tertiary/aromatic N) is 2. The van der Waals surface area contributed by atoms with Gasteiger partial charge in [0.1, 0.15) is 19.0 Å². The Balaban J connectivity index is 2.22. The van der Waals surface area contributed by atoms with Crippen LogP contribution in [-0.2, 0) is 13.5 Å². The second-order valence-corrected chi connectivity index (χ2v) is 5.08. The minimum absolute atomic E-state index is 0.520. The lowest BCUT2D eigenvalue weighted by molar-refractivity contribution is 0.170. The minimum Gasteiger partial charge on any atom is -0.486 e. The Hall–Kier alpha value is -1.88. The van der Waals surface area contributed by atoms with Crippen LogP contribution in [0.4, 0.5) is 5.82 Å². The zero-order chi connectivity index (χ0) is 14.3. The molecule has 0 radical (unpaired) electrons. The average Bonchev–Trinajstić information content (AvgIpc) is 2.78. The third kappa shape index (κ3) is 1.98. The monoisotopic (exact) mass is 293 g/mol. The highest BCUT2D eigenvalue weighted by molar-refractivity contribution is 6.32. The molecule has 106 valence electrons. The summed E-state index contributed by atoms with van der Waals surface area (Å²) in [4.78, 5) is 0. The zero-order valence-corrected chi connectivity index (χ0v) is 12.2. The van der Waals surface area contributed by atoms with Crippen molar-refractivity contribution in [2.75, 3.05) is 18.9 Å². The minimum atomic E-state index is 0.520. The third-order valence-electron chi connectivity index (χ3n) is 3.42. The van der Waals surface area contributed by atoms with Crippen LogP contribution < -0.4 is 15.2 Å². The zero-order valence-electron chi connectivity index (χ0n) is 11.4. The molecular formula is C14H16ClN3O2. The third-order valence-corrected chi connectivity index (χ3v) is 3.70. The first kappa shape index (κ1) is 13.1. The van der Waals surface area contributed by atoms with Crippen LogP contribution in [0.1, 0.15) is 12.5 Å². The van der Waals surface area contributed by atoms with Crippen molar-refractivity contribution in [1.29, 1.82) is 0 Å². The van der Waals surface area contributed by atoms with Gasteiger partial charge < -0.3 is 15.2 Å². The van der Waals surface area contributed by atoms with Gasteiger partial charge in [0.05, 0.1) is 10.7 Å². The lowest BCUT2D eigenvalue weighted by Gasteiger charge is -2.23. The molecule has 1 aromatic heterocycles. The Labute approximate surface area is 122 Å². The fourth-order valence-corrected chi connectivity index (χ4v) is 2.66. The van der Waals surface area contributed by atoms with Gasteiger partial charge in [0.2, 0.25) is 0 Å². The number of hydrogen-bond donors (Lipinski definition) is 1. The van der Waals surface area contributed by atoms with Crippen LogP contribution in [0.3, 0.4) is 0 Å². The first-order chi connectivity index (χ1) is 9.61. The molecule has 0 fully saturated rings. The van der Waals surface area contributed by atoms with Crippen LogP contribution in [0.15, 0.2) is 12.1 Å². The lowest BCUT2D eigenvalue weighted by Crippen LogP contribution is -2.17. The molecule has 6 heteroatoms. The van der Waals surface area contributed by atoms with E-state index < -0.39 is 0 Å². The Kier molecular flexibility index (Phi) is 3.22. The van der Waals surface area contributed by atoms with Gasteiger partial charge in [-0.25, -0.2) is 0 Å². The van der Waals surface area contributed by atoms with Crippen molar-refractivity contribution in [2.24, 2.45) is 7.05 Å². The number of anilines is 1. The first-order valence-corrected chi connectivity index (χ1v) is 6.90. The SMILES string of the molecule is CCc1c(-c2cc(N)n(C)n2)cc(Cl)c2c1OCCO2. The maximum Gasteiger partial charge on any atom is 0.180 e. The van der Waals surface area contributed by atoms with Crippen molar-refractivity contribution < 1.29 is 9.47 Å². The normalized spacial score (nSPS) is 13.6. The molecule has 0 unspecified atom stereocenters. The predicted octanol–water partition coefficient (Wildman–Crippen LogP) is 2.66. The fourth-order valence-electron chi connectivity index (χ4n) is 2.41. The van der Waals surface area contributed by atoms with Crippen molar-refractivity contribution in [2.45, 2.75) is 13.3 Å². The summed E-state index contributed by atoms with van der Waals surface area (Å²) in [5.41, 5.74) is 8.63. The van der Waals surface area contributed by atoms with Gasteiger partial charge in [-0.15, -0.1) is 0 Å². The molecule has 2 heterocycles. The number of halogens is 1. The van der Waals surface area contributed by atoms with Gasteiger partial charge in [0, 0.05) is 24.2 Å². The molecular weight excluding hydrogens is 278 g/mol. The van der Waals surface area contributed by atoms with Crippen LogP contribution in [0.2, 0.25) is 5.02 Å². The molecule has 2 N–H and O–H groups in total. The van der Waals surface area contributed by atoms with Crippen LogP contribution >= 0.6 is 11.6 Å². The maximum absolute atomic E-state index is 6.30. The molecule has 3 rings (SSSR count). The molecule has 20 heavy (non-hydrogen) atoms. The Morgan fingerprint density at radius 3 is 2.60 bits per heavy atom. The molecule has 1 aliphatic rings. The van der Waals surface area contributed by atoms with E-state index in [9.17, 15) is 0 Å². The van der Waals surface area contributed by atoms with E-state index in [2.05, 4.69) is 12.0 Å². The lowest BCUT2D eigenvalue weighted by atomic mass is 10.00. The second-order valence-electron chi connectivity index (χ2n) is 4.67. The number of ether oxygens (including phenoxy) is 2. The Morgan fingerprint density at radius 1 is 1.30 bits per heavy atom. The van der Waals surface area contributed by atoms with E-state index in [4.69, 9.17) is 26.8 Å². The highest BCUT2D eigenvalue weighted by Crippen LogP contribution is 2.45. The summed E-state index contributed by atoms with van der Waals surface area (Å²) in [7, 11) is 1.81. The van der Waals surface area contributed by atoms with Crippen LogP contribution in [-0.4, -0.2) is 23.0 Å². The van der Waals surface area contributed by atoms with E-state index in [0.717, 1.165) is 29.0 Å². The molecule has 0 atom stereocenters. The molecule has 2 aromatic rings. The van der Waals surface area contributed by atoms with Crippen molar-refractivity contribution in [3.63, 3.8) is 0 Å². The van der Waals surface area contributed by atoms with Crippen LogP contribution in [0, 0.1) is 0 Å². The number of aryl methyl sites for hydroxylation is 1. The van der Waals surface area contributed by atoms with E-state index in [-0.39, 0.29) is 0 Å². The molecule has 0 aliphatic carbocycles. The van der Waals surface area contributed by atoms with E-state index in [1.165, 1.54) is 0 Å². The van der Waals surface area contributed by atoms with Crippen molar-refractivity contribution in [3.8, 4) is 22.8 Å². The summed E-state index contributed by atoms with van der Waals surface area (Å²) < 4.78 is 13.0. The van der Waals surface area contributed by atoms with Crippen molar-refractivity contribution >= 4 is 17.4 Å². The smallest absolute Gasteiger partial charge is 0.180 e. The largest absolute Gasteiger partial charge is 0.486 e. The number of rotatable bonds is 2. The summed E-state index contributed by atoms with van der Waals surface area (Å²) in [5.74, 6) is 1.96. The van der Waals surface area contributed by atoms with Gasteiger partial charge in [-0.3, -0.25) is 4.68 Å². The molecule has 0 saturated carbocycles. The second kappa shape index (κ2) is 4.90.